The van der Waals surface area contributed by atoms with Crippen LogP contribution in [0.3, 0.4) is 0 Å². The summed E-state index contributed by atoms with van der Waals surface area (Å²) >= 11 is 0. The number of hydrogen-bond acceptors (Lipinski definition) is 4. The second-order valence-electron chi connectivity index (χ2n) is 7.34. The number of methoxy groups -OCH3 is 1. The number of hydrogen-bond donors (Lipinski definition) is 1. The van der Waals surface area contributed by atoms with Crippen LogP contribution in [0.2, 0.25) is 0 Å². The molecular weight excluding hydrogens is 403 g/mol. The van der Waals surface area contributed by atoms with Gasteiger partial charge in [0.05, 0.1) is 12.5 Å². The van der Waals surface area contributed by atoms with Gasteiger partial charge in [0.15, 0.2) is 5.65 Å². The maximum absolute atomic E-state index is 13.5. The van der Waals surface area contributed by atoms with Crippen LogP contribution in [-0.4, -0.2) is 21.6 Å². The molecule has 0 unspecified atom stereocenters. The van der Waals surface area contributed by atoms with Gasteiger partial charge < -0.3 is 14.6 Å². The first kappa shape index (κ1) is 19.8. The lowest BCUT2D eigenvalue weighted by Gasteiger charge is -2.11. The summed E-state index contributed by atoms with van der Waals surface area (Å²) in [5, 5.41) is 4.36. The lowest BCUT2D eigenvalue weighted by Crippen LogP contribution is -2.04. The SMILES string of the molecule is COc1ccccc1CNc1ncnc2c1c(-c1ccccc1)cn2-c1ccc(F)cc1. The van der Waals surface area contributed by atoms with E-state index >= 15 is 0 Å². The van der Waals surface area contributed by atoms with E-state index in [4.69, 9.17) is 4.74 Å². The van der Waals surface area contributed by atoms with Crippen LogP contribution in [0.25, 0.3) is 27.8 Å². The molecule has 0 amide bonds. The quantitative estimate of drug-likeness (QED) is 0.372. The van der Waals surface area contributed by atoms with Gasteiger partial charge in [-0.15, -0.1) is 0 Å². The van der Waals surface area contributed by atoms with Gasteiger partial charge in [-0.1, -0.05) is 48.5 Å². The molecule has 0 bridgehead atoms. The van der Waals surface area contributed by atoms with Gasteiger partial charge in [0.25, 0.3) is 0 Å². The Morgan fingerprint density at radius 1 is 0.906 bits per heavy atom. The number of halogens is 1. The first-order chi connectivity index (χ1) is 15.7. The molecule has 3 aromatic carbocycles. The molecule has 5 nitrogen and oxygen atoms in total. The molecule has 0 saturated heterocycles. The van der Waals surface area contributed by atoms with Gasteiger partial charge in [0.1, 0.15) is 23.7 Å². The first-order valence-electron chi connectivity index (χ1n) is 10.3. The normalized spacial score (nSPS) is 10.9. The molecule has 0 aliphatic carbocycles. The molecule has 158 valence electrons. The summed E-state index contributed by atoms with van der Waals surface area (Å²) in [6.45, 7) is 0.548. The number of ether oxygens (including phenoxy) is 1. The third kappa shape index (κ3) is 3.67. The van der Waals surface area contributed by atoms with Crippen LogP contribution in [0.4, 0.5) is 10.2 Å². The van der Waals surface area contributed by atoms with Crippen molar-refractivity contribution in [3.63, 3.8) is 0 Å². The second kappa shape index (κ2) is 8.51. The third-order valence-corrected chi connectivity index (χ3v) is 5.41. The molecule has 0 aliphatic heterocycles. The molecule has 0 aliphatic rings. The van der Waals surface area contributed by atoms with Crippen molar-refractivity contribution in [2.75, 3.05) is 12.4 Å². The van der Waals surface area contributed by atoms with Crippen LogP contribution in [0.5, 0.6) is 5.75 Å². The Hall–Kier alpha value is -4.19. The smallest absolute Gasteiger partial charge is 0.150 e. The van der Waals surface area contributed by atoms with Crippen molar-refractivity contribution < 1.29 is 9.13 Å². The van der Waals surface area contributed by atoms with Gasteiger partial charge in [-0.05, 0) is 35.9 Å². The van der Waals surface area contributed by atoms with Gasteiger partial charge in [-0.2, -0.15) is 0 Å². The number of anilines is 1. The van der Waals surface area contributed by atoms with Crippen molar-refractivity contribution >= 4 is 16.9 Å². The van der Waals surface area contributed by atoms with Crippen LogP contribution in [0.1, 0.15) is 5.56 Å². The molecule has 2 aromatic heterocycles. The first-order valence-corrected chi connectivity index (χ1v) is 10.3. The fourth-order valence-corrected chi connectivity index (χ4v) is 3.86. The molecular formula is C26H21FN4O. The zero-order chi connectivity index (χ0) is 21.9. The van der Waals surface area contributed by atoms with Gasteiger partial charge in [0.2, 0.25) is 0 Å². The average Bonchev–Trinajstić information content (AvgIpc) is 3.24. The van der Waals surface area contributed by atoms with Crippen molar-refractivity contribution in [1.82, 2.24) is 14.5 Å². The van der Waals surface area contributed by atoms with E-state index in [0.717, 1.165) is 45.0 Å². The zero-order valence-electron chi connectivity index (χ0n) is 17.5. The molecule has 0 fully saturated rings. The van der Waals surface area contributed by atoms with E-state index in [-0.39, 0.29) is 5.82 Å². The average molecular weight is 424 g/mol. The number of benzene rings is 3. The fraction of sp³-hybridized carbons (Fsp3) is 0.0769. The Kier molecular flexibility index (Phi) is 5.25. The standard InChI is InChI=1S/C26H21FN4O/c1-32-23-10-6-5-9-19(23)15-28-25-24-22(18-7-3-2-4-8-18)16-31(26(24)30-17-29-25)21-13-11-20(27)12-14-21/h2-14,16-17H,15H2,1H3,(H,28,29,30). The number of nitrogens with one attached hydrogen (secondary N) is 1. The van der Waals surface area contributed by atoms with Crippen LogP contribution in [-0.2, 0) is 6.54 Å². The Balaban J connectivity index is 1.64. The highest BCUT2D eigenvalue weighted by Gasteiger charge is 2.17. The lowest BCUT2D eigenvalue weighted by atomic mass is 10.1. The number of para-hydroxylation sites is 1. The molecule has 2 heterocycles. The number of fused-ring (bicyclic) bond motifs is 1. The highest BCUT2D eigenvalue weighted by Crippen LogP contribution is 2.35. The van der Waals surface area contributed by atoms with Crippen molar-refractivity contribution in [3.05, 3.63) is 103 Å². The highest BCUT2D eigenvalue weighted by atomic mass is 19.1. The Morgan fingerprint density at radius 3 is 2.44 bits per heavy atom. The highest BCUT2D eigenvalue weighted by molar-refractivity contribution is 6.02. The molecule has 6 heteroatoms. The summed E-state index contributed by atoms with van der Waals surface area (Å²) in [5.74, 6) is 1.26. The van der Waals surface area contributed by atoms with Crippen molar-refractivity contribution in [3.8, 4) is 22.6 Å². The molecule has 0 radical (unpaired) electrons. The summed E-state index contributed by atoms with van der Waals surface area (Å²) in [7, 11) is 1.66. The minimum Gasteiger partial charge on any atom is -0.496 e. The van der Waals surface area contributed by atoms with Crippen molar-refractivity contribution in [1.29, 1.82) is 0 Å². The van der Waals surface area contributed by atoms with Crippen LogP contribution in [0, 0.1) is 5.82 Å². The van der Waals surface area contributed by atoms with E-state index in [1.54, 1.807) is 25.6 Å². The van der Waals surface area contributed by atoms with Crippen LogP contribution >= 0.6 is 0 Å². The van der Waals surface area contributed by atoms with Crippen LogP contribution < -0.4 is 10.1 Å². The van der Waals surface area contributed by atoms with Crippen molar-refractivity contribution in [2.45, 2.75) is 6.54 Å². The summed E-state index contributed by atoms with van der Waals surface area (Å²) in [5.41, 5.74) is 4.64. The van der Waals surface area contributed by atoms with E-state index < -0.39 is 0 Å². The minimum atomic E-state index is -0.276. The topological polar surface area (TPSA) is 52.0 Å². The van der Waals surface area contributed by atoms with Gasteiger partial charge in [-0.3, -0.25) is 0 Å². The molecule has 5 rings (SSSR count). The number of aromatic nitrogens is 3. The van der Waals surface area contributed by atoms with Gasteiger partial charge in [0, 0.05) is 29.6 Å². The molecule has 0 saturated carbocycles. The third-order valence-electron chi connectivity index (χ3n) is 5.41. The molecule has 5 aromatic rings. The van der Waals surface area contributed by atoms with E-state index in [0.29, 0.717) is 6.54 Å². The van der Waals surface area contributed by atoms with Crippen LogP contribution in [0.15, 0.2) is 91.4 Å². The molecule has 0 atom stereocenters. The molecule has 0 spiro atoms. The summed E-state index contributed by atoms with van der Waals surface area (Å²) in [6, 6.07) is 24.4. The van der Waals surface area contributed by atoms with E-state index in [1.807, 2.05) is 53.2 Å². The van der Waals surface area contributed by atoms with E-state index in [2.05, 4.69) is 27.4 Å². The largest absolute Gasteiger partial charge is 0.496 e. The summed E-state index contributed by atoms with van der Waals surface area (Å²) in [6.07, 6.45) is 3.57. The van der Waals surface area contributed by atoms with E-state index in [9.17, 15) is 4.39 Å². The number of nitrogens with zero attached hydrogens (tertiary/aromatic N) is 3. The Bertz CT molecular complexity index is 1360. The zero-order valence-corrected chi connectivity index (χ0v) is 17.5. The van der Waals surface area contributed by atoms with Crippen molar-refractivity contribution in [2.24, 2.45) is 0 Å². The lowest BCUT2D eigenvalue weighted by molar-refractivity contribution is 0.410. The molecule has 32 heavy (non-hydrogen) atoms. The fourth-order valence-electron chi connectivity index (χ4n) is 3.86. The van der Waals surface area contributed by atoms with Gasteiger partial charge in [-0.25, -0.2) is 14.4 Å². The monoisotopic (exact) mass is 424 g/mol. The number of rotatable bonds is 6. The van der Waals surface area contributed by atoms with Gasteiger partial charge >= 0.3 is 0 Å². The maximum Gasteiger partial charge on any atom is 0.150 e. The predicted molar refractivity (Wildman–Crippen MR) is 125 cm³/mol. The Labute approximate surface area is 185 Å². The summed E-state index contributed by atoms with van der Waals surface area (Å²) < 4.78 is 21.0. The Morgan fingerprint density at radius 2 is 1.66 bits per heavy atom. The van der Waals surface area contributed by atoms with E-state index in [1.165, 1.54) is 12.1 Å². The second-order valence-corrected chi connectivity index (χ2v) is 7.34. The minimum absolute atomic E-state index is 0.276. The molecule has 1 N–H and O–H groups in total. The maximum atomic E-state index is 13.5. The predicted octanol–water partition coefficient (Wildman–Crippen LogP) is 5.85. The summed E-state index contributed by atoms with van der Waals surface area (Å²) in [4.78, 5) is 9.12.